The van der Waals surface area contributed by atoms with E-state index in [9.17, 15) is 4.79 Å². The molecule has 2 aliphatic rings. The molecule has 5 nitrogen and oxygen atoms in total. The number of rotatable bonds is 3. The number of nitrogens with one attached hydrogen (secondary N) is 1. The van der Waals surface area contributed by atoms with E-state index < -0.39 is 0 Å². The number of hydrogen-bond donors (Lipinski definition) is 1. The van der Waals surface area contributed by atoms with Crippen LogP contribution < -0.4 is 10.2 Å². The van der Waals surface area contributed by atoms with Crippen LogP contribution in [0, 0.1) is 0 Å². The zero-order valence-corrected chi connectivity index (χ0v) is 13.4. The van der Waals surface area contributed by atoms with Gasteiger partial charge in [-0.15, -0.1) is 0 Å². The fourth-order valence-corrected chi connectivity index (χ4v) is 3.49. The quantitative estimate of drug-likeness (QED) is 0.926. The Balaban J connectivity index is 1.80. The van der Waals surface area contributed by atoms with Gasteiger partial charge in [-0.1, -0.05) is 0 Å². The Kier molecular flexibility index (Phi) is 4.93. The number of likely N-dealkylation sites (tertiary alicyclic amines) is 1. The van der Waals surface area contributed by atoms with Crippen LogP contribution in [0.25, 0.3) is 0 Å². The maximum atomic E-state index is 13.0. The van der Waals surface area contributed by atoms with Crippen molar-refractivity contribution >= 4 is 11.7 Å². The summed E-state index contributed by atoms with van der Waals surface area (Å²) in [5, 5.41) is 3.30. The molecule has 1 aromatic rings. The van der Waals surface area contributed by atoms with Gasteiger partial charge in [-0.25, -0.2) is 4.98 Å². The molecule has 2 fully saturated rings. The van der Waals surface area contributed by atoms with E-state index in [2.05, 4.69) is 15.2 Å². The highest BCUT2D eigenvalue weighted by Gasteiger charge is 2.27. The molecule has 5 heteroatoms. The summed E-state index contributed by atoms with van der Waals surface area (Å²) in [6.07, 6.45) is 7.67. The van der Waals surface area contributed by atoms with E-state index >= 15 is 0 Å². The highest BCUT2D eigenvalue weighted by Crippen LogP contribution is 2.24. The molecule has 22 heavy (non-hydrogen) atoms. The molecule has 1 amide bonds. The molecule has 120 valence electrons. The molecule has 0 aliphatic carbocycles. The Labute approximate surface area is 132 Å². The standard InChI is InChI=1S/C17H26N4O/c1-18-14-7-6-12-21(13-14)17(22)15-8-5-9-19-16(15)20-10-3-2-4-11-20/h5,8-9,14,18H,2-4,6-7,10-13H2,1H3. The van der Waals surface area contributed by atoms with Crippen LogP contribution in [0.1, 0.15) is 42.5 Å². The monoisotopic (exact) mass is 302 g/mol. The maximum Gasteiger partial charge on any atom is 0.257 e. The molecule has 2 saturated heterocycles. The van der Waals surface area contributed by atoms with Gasteiger partial charge in [0.1, 0.15) is 5.82 Å². The van der Waals surface area contributed by atoms with E-state index in [1.807, 2.05) is 24.1 Å². The smallest absolute Gasteiger partial charge is 0.257 e. The number of likely N-dealkylation sites (N-methyl/N-ethyl adjacent to an activating group) is 1. The number of nitrogens with zero attached hydrogens (tertiary/aromatic N) is 3. The van der Waals surface area contributed by atoms with E-state index in [1.54, 1.807) is 6.20 Å². The van der Waals surface area contributed by atoms with Gasteiger partial charge in [0.15, 0.2) is 0 Å². The van der Waals surface area contributed by atoms with Crippen molar-refractivity contribution in [3.63, 3.8) is 0 Å². The Morgan fingerprint density at radius 2 is 2.05 bits per heavy atom. The average Bonchev–Trinajstić information content (AvgIpc) is 2.62. The first-order valence-electron chi connectivity index (χ1n) is 8.46. The van der Waals surface area contributed by atoms with Crippen LogP contribution in [0.2, 0.25) is 0 Å². The number of aromatic nitrogens is 1. The van der Waals surface area contributed by atoms with E-state index in [1.165, 1.54) is 19.3 Å². The van der Waals surface area contributed by atoms with Gasteiger partial charge in [-0.05, 0) is 51.3 Å². The fourth-order valence-electron chi connectivity index (χ4n) is 3.49. The zero-order chi connectivity index (χ0) is 15.4. The molecule has 3 rings (SSSR count). The number of anilines is 1. The summed E-state index contributed by atoms with van der Waals surface area (Å²) in [5.74, 6) is 1.01. The molecule has 3 heterocycles. The van der Waals surface area contributed by atoms with E-state index in [-0.39, 0.29) is 5.91 Å². The van der Waals surface area contributed by atoms with Crippen molar-refractivity contribution in [1.29, 1.82) is 0 Å². The first-order chi connectivity index (χ1) is 10.8. The lowest BCUT2D eigenvalue weighted by Crippen LogP contribution is -2.47. The molecule has 0 bridgehead atoms. The summed E-state index contributed by atoms with van der Waals surface area (Å²) in [7, 11) is 1.97. The number of carbonyl (C=O) groups excluding carboxylic acids is 1. The molecule has 0 spiro atoms. The summed E-state index contributed by atoms with van der Waals surface area (Å²) in [4.78, 5) is 21.7. The molecule has 0 radical (unpaired) electrons. The number of hydrogen-bond acceptors (Lipinski definition) is 4. The molecule has 0 aromatic carbocycles. The average molecular weight is 302 g/mol. The Hall–Kier alpha value is -1.62. The maximum absolute atomic E-state index is 13.0. The SMILES string of the molecule is CNC1CCCN(C(=O)c2cccnc2N2CCCCC2)C1. The normalized spacial score (nSPS) is 22.7. The molecule has 0 saturated carbocycles. The fraction of sp³-hybridized carbons (Fsp3) is 0.647. The molecule has 1 N–H and O–H groups in total. The van der Waals surface area contributed by atoms with Gasteiger partial charge in [0.25, 0.3) is 5.91 Å². The van der Waals surface area contributed by atoms with Gasteiger partial charge in [0.05, 0.1) is 5.56 Å². The summed E-state index contributed by atoms with van der Waals surface area (Å²) >= 11 is 0. The van der Waals surface area contributed by atoms with Crippen molar-refractivity contribution in [3.8, 4) is 0 Å². The van der Waals surface area contributed by atoms with Gasteiger partial charge in [-0.2, -0.15) is 0 Å². The van der Waals surface area contributed by atoms with Crippen LogP contribution in [0.5, 0.6) is 0 Å². The van der Waals surface area contributed by atoms with Crippen molar-refractivity contribution in [2.45, 2.75) is 38.1 Å². The first-order valence-corrected chi connectivity index (χ1v) is 8.46. The predicted molar refractivity (Wildman–Crippen MR) is 88.3 cm³/mol. The van der Waals surface area contributed by atoms with Gasteiger partial charge in [0, 0.05) is 38.4 Å². The van der Waals surface area contributed by atoms with Gasteiger partial charge < -0.3 is 15.1 Å². The third kappa shape index (κ3) is 3.24. The van der Waals surface area contributed by atoms with E-state index in [4.69, 9.17) is 0 Å². The van der Waals surface area contributed by atoms with E-state index in [0.717, 1.165) is 50.4 Å². The number of piperidine rings is 2. The second-order valence-corrected chi connectivity index (χ2v) is 6.30. The van der Waals surface area contributed by atoms with Crippen LogP contribution in [-0.2, 0) is 0 Å². The number of pyridine rings is 1. The van der Waals surface area contributed by atoms with Crippen LogP contribution in [-0.4, -0.2) is 55.1 Å². The van der Waals surface area contributed by atoms with Crippen LogP contribution in [0.15, 0.2) is 18.3 Å². The predicted octanol–water partition coefficient (Wildman–Crippen LogP) is 1.90. The summed E-state index contributed by atoms with van der Waals surface area (Å²) < 4.78 is 0. The molecule has 1 aromatic heterocycles. The summed E-state index contributed by atoms with van der Waals surface area (Å²) in [6, 6.07) is 4.22. The minimum Gasteiger partial charge on any atom is -0.356 e. The lowest BCUT2D eigenvalue weighted by atomic mass is 10.0. The highest BCUT2D eigenvalue weighted by molar-refractivity contribution is 5.99. The zero-order valence-electron chi connectivity index (χ0n) is 13.4. The second-order valence-electron chi connectivity index (χ2n) is 6.30. The highest BCUT2D eigenvalue weighted by atomic mass is 16.2. The lowest BCUT2D eigenvalue weighted by Gasteiger charge is -2.34. The topological polar surface area (TPSA) is 48.5 Å². The van der Waals surface area contributed by atoms with Gasteiger partial charge in [-0.3, -0.25) is 4.79 Å². The Bertz CT molecular complexity index is 513. The Morgan fingerprint density at radius 1 is 1.23 bits per heavy atom. The lowest BCUT2D eigenvalue weighted by molar-refractivity contribution is 0.0698. The third-order valence-electron chi connectivity index (χ3n) is 4.79. The molecule has 2 aliphatic heterocycles. The van der Waals surface area contributed by atoms with Crippen molar-refractivity contribution in [3.05, 3.63) is 23.9 Å². The minimum absolute atomic E-state index is 0.133. The largest absolute Gasteiger partial charge is 0.356 e. The molecule has 1 unspecified atom stereocenters. The molecular weight excluding hydrogens is 276 g/mol. The molecule has 1 atom stereocenters. The summed E-state index contributed by atoms with van der Waals surface area (Å²) in [6.45, 7) is 3.67. The van der Waals surface area contributed by atoms with Crippen LogP contribution >= 0.6 is 0 Å². The molecular formula is C17H26N4O. The van der Waals surface area contributed by atoms with Crippen molar-refractivity contribution in [2.75, 3.05) is 38.1 Å². The first kappa shape index (κ1) is 15.3. The van der Waals surface area contributed by atoms with Crippen LogP contribution in [0.4, 0.5) is 5.82 Å². The van der Waals surface area contributed by atoms with Crippen molar-refractivity contribution in [2.24, 2.45) is 0 Å². The van der Waals surface area contributed by atoms with Crippen molar-refractivity contribution < 1.29 is 4.79 Å². The third-order valence-corrected chi connectivity index (χ3v) is 4.79. The second kappa shape index (κ2) is 7.09. The number of carbonyl (C=O) groups is 1. The van der Waals surface area contributed by atoms with E-state index in [0.29, 0.717) is 6.04 Å². The summed E-state index contributed by atoms with van der Waals surface area (Å²) in [5.41, 5.74) is 0.765. The van der Waals surface area contributed by atoms with Gasteiger partial charge >= 0.3 is 0 Å². The van der Waals surface area contributed by atoms with Crippen LogP contribution in [0.3, 0.4) is 0 Å². The number of amides is 1. The van der Waals surface area contributed by atoms with Gasteiger partial charge in [0.2, 0.25) is 0 Å². The van der Waals surface area contributed by atoms with Crippen molar-refractivity contribution in [1.82, 2.24) is 15.2 Å². The Morgan fingerprint density at radius 3 is 2.82 bits per heavy atom. The minimum atomic E-state index is 0.133.